The van der Waals surface area contributed by atoms with Crippen molar-refractivity contribution >= 4 is 5.84 Å². The molecule has 15 heavy (non-hydrogen) atoms. The van der Waals surface area contributed by atoms with Crippen LogP contribution in [-0.2, 0) is 13.1 Å². The van der Waals surface area contributed by atoms with Crippen LogP contribution in [0.2, 0.25) is 0 Å². The van der Waals surface area contributed by atoms with Gasteiger partial charge in [-0.1, -0.05) is 6.92 Å². The normalized spacial score (nSPS) is 18.5. The van der Waals surface area contributed by atoms with E-state index < -0.39 is 0 Å². The van der Waals surface area contributed by atoms with Crippen LogP contribution in [0.4, 0.5) is 0 Å². The van der Waals surface area contributed by atoms with Gasteiger partial charge < -0.3 is 10.3 Å². The van der Waals surface area contributed by atoms with Crippen molar-refractivity contribution in [3.05, 3.63) is 18.2 Å². The first-order valence-electron chi connectivity index (χ1n) is 5.23. The molecule has 5 nitrogen and oxygen atoms in total. The molecular weight excluding hydrogens is 190 g/mol. The van der Waals surface area contributed by atoms with E-state index in [1.54, 1.807) is 0 Å². The summed E-state index contributed by atoms with van der Waals surface area (Å²) in [6.07, 6.45) is 3.86. The number of aromatic nitrogens is 2. The van der Waals surface area contributed by atoms with Crippen LogP contribution in [0.15, 0.2) is 12.4 Å². The number of fused-ring (bicyclic) bond motifs is 1. The third-order valence-corrected chi connectivity index (χ3v) is 2.89. The summed E-state index contributed by atoms with van der Waals surface area (Å²) in [5, 5.41) is 7.36. The van der Waals surface area contributed by atoms with Crippen molar-refractivity contribution in [1.82, 2.24) is 14.5 Å². The number of imidazole rings is 1. The Morgan fingerprint density at radius 3 is 3.20 bits per heavy atom. The highest BCUT2D eigenvalue weighted by Crippen LogP contribution is 2.11. The maximum absolute atomic E-state index is 7.36. The summed E-state index contributed by atoms with van der Waals surface area (Å²) in [5.74, 6) is 1.51. The second-order valence-electron chi connectivity index (χ2n) is 4.13. The number of nitrogens with one attached hydrogen (secondary N) is 1. The fourth-order valence-corrected chi connectivity index (χ4v) is 1.86. The zero-order valence-electron chi connectivity index (χ0n) is 8.98. The van der Waals surface area contributed by atoms with Crippen molar-refractivity contribution in [3.63, 3.8) is 0 Å². The summed E-state index contributed by atoms with van der Waals surface area (Å²) in [5.41, 5.74) is 5.46. The van der Waals surface area contributed by atoms with Gasteiger partial charge in [-0.3, -0.25) is 10.3 Å². The van der Waals surface area contributed by atoms with Gasteiger partial charge in [0, 0.05) is 37.9 Å². The Morgan fingerprint density at radius 1 is 1.67 bits per heavy atom. The molecule has 0 amide bonds. The van der Waals surface area contributed by atoms with Gasteiger partial charge in [0.15, 0.2) is 0 Å². The maximum Gasteiger partial charge on any atom is 0.122 e. The first-order chi connectivity index (χ1) is 7.16. The molecule has 0 saturated carbocycles. The van der Waals surface area contributed by atoms with E-state index in [0.717, 1.165) is 32.0 Å². The molecule has 1 aromatic heterocycles. The minimum Gasteiger partial charge on any atom is -0.387 e. The van der Waals surface area contributed by atoms with Crippen LogP contribution in [0, 0.1) is 11.3 Å². The first-order valence-corrected chi connectivity index (χ1v) is 5.23. The lowest BCUT2D eigenvalue weighted by molar-refractivity contribution is 0.205. The summed E-state index contributed by atoms with van der Waals surface area (Å²) in [4.78, 5) is 6.60. The molecule has 0 bridgehead atoms. The Bertz CT molecular complexity index is 356. The molecule has 2 rings (SSSR count). The van der Waals surface area contributed by atoms with Crippen LogP contribution < -0.4 is 5.73 Å². The fraction of sp³-hybridized carbons (Fsp3) is 0.600. The summed E-state index contributed by atoms with van der Waals surface area (Å²) < 4.78 is 2.18. The van der Waals surface area contributed by atoms with Gasteiger partial charge in [-0.15, -0.1) is 0 Å². The maximum atomic E-state index is 7.36. The zero-order chi connectivity index (χ0) is 10.8. The summed E-state index contributed by atoms with van der Waals surface area (Å²) >= 11 is 0. The Balaban J connectivity index is 1.95. The van der Waals surface area contributed by atoms with Gasteiger partial charge in [0.1, 0.15) is 5.82 Å². The van der Waals surface area contributed by atoms with Crippen LogP contribution in [0.1, 0.15) is 12.7 Å². The van der Waals surface area contributed by atoms with Gasteiger partial charge in [0.2, 0.25) is 0 Å². The molecule has 5 heteroatoms. The van der Waals surface area contributed by atoms with E-state index in [4.69, 9.17) is 11.1 Å². The van der Waals surface area contributed by atoms with Crippen molar-refractivity contribution in [3.8, 4) is 0 Å². The van der Waals surface area contributed by atoms with Gasteiger partial charge in [0.25, 0.3) is 0 Å². The predicted octanol–water partition coefficient (Wildman–Crippen LogP) is 0.271. The van der Waals surface area contributed by atoms with Crippen molar-refractivity contribution in [2.75, 3.05) is 13.1 Å². The highest BCUT2D eigenvalue weighted by atomic mass is 15.2. The molecular formula is C10H17N5. The molecule has 1 unspecified atom stereocenters. The van der Waals surface area contributed by atoms with Gasteiger partial charge in [-0.05, 0) is 0 Å². The molecule has 0 spiro atoms. The van der Waals surface area contributed by atoms with E-state index >= 15 is 0 Å². The fourth-order valence-electron chi connectivity index (χ4n) is 1.86. The van der Waals surface area contributed by atoms with Crippen molar-refractivity contribution in [2.45, 2.75) is 20.0 Å². The standard InChI is InChI=1S/C10H17N5/c1-8(10(11)12)6-14-4-5-15-3-2-13-9(15)7-14/h2-3,8H,4-7H2,1H3,(H3,11,12). The van der Waals surface area contributed by atoms with Gasteiger partial charge in [-0.25, -0.2) is 4.98 Å². The number of hydrogen-bond donors (Lipinski definition) is 2. The largest absolute Gasteiger partial charge is 0.387 e. The topological polar surface area (TPSA) is 70.9 Å². The summed E-state index contributed by atoms with van der Waals surface area (Å²) in [6.45, 7) is 5.71. The monoisotopic (exact) mass is 207 g/mol. The van der Waals surface area contributed by atoms with Crippen LogP contribution in [0.25, 0.3) is 0 Å². The highest BCUT2D eigenvalue weighted by Gasteiger charge is 2.18. The molecule has 0 fully saturated rings. The molecule has 0 radical (unpaired) electrons. The van der Waals surface area contributed by atoms with E-state index in [0.29, 0.717) is 0 Å². The number of hydrogen-bond acceptors (Lipinski definition) is 3. The molecule has 0 aliphatic carbocycles. The quantitative estimate of drug-likeness (QED) is 0.552. The number of nitrogens with two attached hydrogens (primary N) is 1. The molecule has 0 aromatic carbocycles. The van der Waals surface area contributed by atoms with Gasteiger partial charge in [0.05, 0.1) is 12.4 Å². The third-order valence-electron chi connectivity index (χ3n) is 2.89. The minimum absolute atomic E-state index is 0.131. The lowest BCUT2D eigenvalue weighted by atomic mass is 10.1. The van der Waals surface area contributed by atoms with Crippen molar-refractivity contribution in [1.29, 1.82) is 5.41 Å². The Labute approximate surface area is 89.4 Å². The molecule has 1 aliphatic rings. The molecule has 82 valence electrons. The summed E-state index contributed by atoms with van der Waals surface area (Å²) in [6, 6.07) is 0. The highest BCUT2D eigenvalue weighted by molar-refractivity contribution is 5.79. The van der Waals surface area contributed by atoms with Crippen LogP contribution >= 0.6 is 0 Å². The Hall–Kier alpha value is -1.36. The molecule has 3 N–H and O–H groups in total. The third kappa shape index (κ3) is 2.18. The van der Waals surface area contributed by atoms with Crippen LogP contribution in [0.5, 0.6) is 0 Å². The molecule has 1 aromatic rings. The average Bonchev–Trinajstić information content (AvgIpc) is 2.64. The first kappa shape index (κ1) is 10.2. The van der Waals surface area contributed by atoms with E-state index in [1.165, 1.54) is 0 Å². The smallest absolute Gasteiger partial charge is 0.122 e. The summed E-state index contributed by atoms with van der Waals surface area (Å²) in [7, 11) is 0. The van der Waals surface area contributed by atoms with Crippen molar-refractivity contribution in [2.24, 2.45) is 11.7 Å². The van der Waals surface area contributed by atoms with Crippen LogP contribution in [0.3, 0.4) is 0 Å². The molecule has 1 atom stereocenters. The number of rotatable bonds is 3. The Morgan fingerprint density at radius 2 is 2.47 bits per heavy atom. The SMILES string of the molecule is CC(CN1CCn2ccnc2C1)C(=N)N. The lowest BCUT2D eigenvalue weighted by Gasteiger charge is -2.29. The average molecular weight is 207 g/mol. The van der Waals surface area contributed by atoms with E-state index in [1.807, 2.05) is 19.3 Å². The second kappa shape index (κ2) is 4.02. The van der Waals surface area contributed by atoms with Gasteiger partial charge >= 0.3 is 0 Å². The molecule has 2 heterocycles. The minimum atomic E-state index is 0.131. The molecule has 0 saturated heterocycles. The molecule has 1 aliphatic heterocycles. The lowest BCUT2D eigenvalue weighted by Crippen LogP contribution is -2.39. The van der Waals surface area contributed by atoms with Gasteiger partial charge in [-0.2, -0.15) is 0 Å². The van der Waals surface area contributed by atoms with Crippen molar-refractivity contribution < 1.29 is 0 Å². The van der Waals surface area contributed by atoms with E-state index in [-0.39, 0.29) is 11.8 Å². The van der Waals surface area contributed by atoms with E-state index in [2.05, 4.69) is 14.5 Å². The van der Waals surface area contributed by atoms with E-state index in [9.17, 15) is 0 Å². The zero-order valence-corrected chi connectivity index (χ0v) is 8.98. The Kier molecular flexibility index (Phi) is 2.73. The predicted molar refractivity (Wildman–Crippen MR) is 58.6 cm³/mol. The number of amidine groups is 1. The second-order valence-corrected chi connectivity index (χ2v) is 4.13. The number of nitrogens with zero attached hydrogens (tertiary/aromatic N) is 3. The van der Waals surface area contributed by atoms with Crippen LogP contribution in [-0.4, -0.2) is 33.4 Å².